The molecular weight excluding hydrogens is 568 g/mol. The number of anilines is 1. The third-order valence-corrected chi connectivity index (χ3v) is 8.17. The number of nitrogens with zero attached hydrogens (tertiary/aromatic N) is 1. The zero-order chi connectivity index (χ0) is 32.3. The van der Waals surface area contributed by atoms with Crippen LogP contribution in [0.3, 0.4) is 0 Å². The first-order chi connectivity index (χ1) is 21.8. The van der Waals surface area contributed by atoms with Crippen molar-refractivity contribution in [3.63, 3.8) is 0 Å². The van der Waals surface area contributed by atoms with Gasteiger partial charge in [0, 0.05) is 41.6 Å². The first kappa shape index (κ1) is 33.3. The number of aryl methyl sites for hydroxylation is 1. The average molecular weight is 610 g/mol. The van der Waals surface area contributed by atoms with Crippen molar-refractivity contribution in [2.45, 2.75) is 72.1 Å². The Morgan fingerprint density at radius 1 is 1.09 bits per heavy atom. The molecule has 2 aromatic carbocycles. The molecule has 45 heavy (non-hydrogen) atoms. The Bertz CT molecular complexity index is 1640. The molecule has 0 radical (unpaired) electrons. The molecule has 0 unspecified atom stereocenters. The van der Waals surface area contributed by atoms with Gasteiger partial charge in [0.15, 0.2) is 17.3 Å². The number of carbonyl (C=O) groups excluding carboxylic acids is 1. The van der Waals surface area contributed by atoms with Crippen LogP contribution >= 0.6 is 0 Å². The summed E-state index contributed by atoms with van der Waals surface area (Å²) in [7, 11) is 0. The number of halogens is 2. The lowest BCUT2D eigenvalue weighted by Crippen LogP contribution is -2.18. The monoisotopic (exact) mass is 609 g/mol. The van der Waals surface area contributed by atoms with Gasteiger partial charge in [0.2, 0.25) is 5.82 Å². The second kappa shape index (κ2) is 15.9. The van der Waals surface area contributed by atoms with Crippen molar-refractivity contribution in [1.29, 1.82) is 5.41 Å². The van der Waals surface area contributed by atoms with Gasteiger partial charge in [-0.2, -0.15) is 4.39 Å². The number of aliphatic imine (C=N–C) groups is 1. The van der Waals surface area contributed by atoms with E-state index in [1.165, 1.54) is 31.4 Å². The van der Waals surface area contributed by atoms with E-state index in [1.807, 2.05) is 56.4 Å². The van der Waals surface area contributed by atoms with E-state index >= 15 is 0 Å². The highest BCUT2D eigenvalue weighted by atomic mass is 19.2. The van der Waals surface area contributed by atoms with Crippen LogP contribution in [0, 0.1) is 35.3 Å². The predicted octanol–water partition coefficient (Wildman–Crippen LogP) is 9.42. The highest BCUT2D eigenvalue weighted by molar-refractivity contribution is 6.17. The highest BCUT2D eigenvalue weighted by Crippen LogP contribution is 2.35. The van der Waals surface area contributed by atoms with E-state index in [-0.39, 0.29) is 36.0 Å². The van der Waals surface area contributed by atoms with E-state index in [2.05, 4.69) is 23.2 Å². The van der Waals surface area contributed by atoms with Crippen molar-refractivity contribution >= 4 is 28.5 Å². The van der Waals surface area contributed by atoms with Gasteiger partial charge in [-0.15, -0.1) is 6.42 Å². The van der Waals surface area contributed by atoms with Crippen LogP contribution in [-0.2, 0) is 6.42 Å². The van der Waals surface area contributed by atoms with Crippen LogP contribution in [-0.4, -0.2) is 23.8 Å². The summed E-state index contributed by atoms with van der Waals surface area (Å²) in [6.45, 7) is 6.08. The Labute approximate surface area is 265 Å². The maximum atomic E-state index is 15.0. The SMILES string of the molecule is C#CCOc1ccc(C2=CN=C3C(=CC=CC=C3Nc3ccc(C(=O)CC(=N)[C@@H](C)CCCCCC)c(CC)c3)C2)c(F)c1F. The molecule has 0 amide bonds. The standard InChI is InChI=1S/C38H41F2N3O2/c1-5-8-9-10-13-25(4)32(41)23-34(44)30-17-16-29(22-26(30)7-3)43-33-15-12-11-14-27-21-28(24-42-38(27)33)31-18-19-35(45-20-6-2)37(40)36(31)39/h2,11-12,14-19,22,24-25,41,43H,5,7-10,13,20-21,23H2,1,3-4H3/t25-/m0/s1. The summed E-state index contributed by atoms with van der Waals surface area (Å²) in [5, 5.41) is 11.9. The number of nitrogens with one attached hydrogen (secondary N) is 2. The van der Waals surface area contributed by atoms with E-state index < -0.39 is 11.6 Å². The van der Waals surface area contributed by atoms with Crippen LogP contribution in [0.5, 0.6) is 5.75 Å². The Hall–Kier alpha value is -4.57. The van der Waals surface area contributed by atoms with Gasteiger partial charge in [-0.1, -0.05) is 70.6 Å². The number of unbranched alkanes of at least 4 members (excludes halogenated alkanes) is 3. The van der Waals surface area contributed by atoms with E-state index in [0.717, 1.165) is 35.4 Å². The minimum atomic E-state index is -1.09. The van der Waals surface area contributed by atoms with Gasteiger partial charge in [-0.3, -0.25) is 9.79 Å². The first-order valence-corrected chi connectivity index (χ1v) is 15.7. The lowest BCUT2D eigenvalue weighted by Gasteiger charge is -2.21. The quantitative estimate of drug-likeness (QED) is 0.0914. The molecule has 2 aliphatic rings. The van der Waals surface area contributed by atoms with Gasteiger partial charge in [0.25, 0.3) is 0 Å². The number of hydrogen-bond acceptors (Lipinski definition) is 5. The second-order valence-corrected chi connectivity index (χ2v) is 11.4. The number of terminal acetylenes is 1. The zero-order valence-corrected chi connectivity index (χ0v) is 26.3. The van der Waals surface area contributed by atoms with E-state index in [0.29, 0.717) is 35.4 Å². The smallest absolute Gasteiger partial charge is 0.201 e. The largest absolute Gasteiger partial charge is 0.478 e. The normalized spacial score (nSPS) is 14.6. The van der Waals surface area contributed by atoms with Crippen LogP contribution in [0.4, 0.5) is 14.5 Å². The molecule has 2 N–H and O–H groups in total. The van der Waals surface area contributed by atoms with Gasteiger partial charge >= 0.3 is 0 Å². The maximum absolute atomic E-state index is 15.0. The van der Waals surface area contributed by atoms with E-state index in [9.17, 15) is 13.6 Å². The minimum Gasteiger partial charge on any atom is -0.478 e. The van der Waals surface area contributed by atoms with Crippen molar-refractivity contribution in [1.82, 2.24) is 0 Å². The summed E-state index contributed by atoms with van der Waals surface area (Å²) in [5.41, 5.74) is 5.79. The van der Waals surface area contributed by atoms with Gasteiger partial charge < -0.3 is 15.5 Å². The van der Waals surface area contributed by atoms with E-state index in [1.54, 1.807) is 6.20 Å². The van der Waals surface area contributed by atoms with Crippen LogP contribution in [0.2, 0.25) is 0 Å². The molecule has 1 aliphatic heterocycles. The third kappa shape index (κ3) is 8.33. The van der Waals surface area contributed by atoms with Crippen LogP contribution in [0.25, 0.3) is 5.57 Å². The number of hydrogen-bond donors (Lipinski definition) is 2. The molecule has 0 aromatic heterocycles. The maximum Gasteiger partial charge on any atom is 0.201 e. The van der Waals surface area contributed by atoms with Crippen LogP contribution < -0.4 is 10.1 Å². The fraction of sp³-hybridized carbons (Fsp3) is 0.342. The van der Waals surface area contributed by atoms with Gasteiger partial charge in [-0.25, -0.2) is 4.39 Å². The number of allylic oxidation sites excluding steroid dienone is 6. The molecule has 5 nitrogen and oxygen atoms in total. The van der Waals surface area contributed by atoms with Crippen LogP contribution in [0.15, 0.2) is 77.1 Å². The molecular formula is C38H41F2N3O2. The number of rotatable bonds is 15. The predicted molar refractivity (Wildman–Crippen MR) is 180 cm³/mol. The van der Waals surface area contributed by atoms with Crippen molar-refractivity contribution in [3.8, 4) is 18.1 Å². The average Bonchev–Trinajstić information content (AvgIpc) is 3.25. The summed E-state index contributed by atoms with van der Waals surface area (Å²) in [5.74, 6) is -0.00913. The molecule has 1 atom stereocenters. The fourth-order valence-electron chi connectivity index (χ4n) is 5.50. The molecule has 0 fully saturated rings. The summed E-state index contributed by atoms with van der Waals surface area (Å²) in [6, 6.07) is 8.52. The number of ketones is 1. The topological polar surface area (TPSA) is 74.5 Å². The van der Waals surface area contributed by atoms with Crippen molar-refractivity contribution < 1.29 is 18.3 Å². The Kier molecular flexibility index (Phi) is 11.8. The second-order valence-electron chi connectivity index (χ2n) is 11.4. The number of ether oxygens (including phenoxy) is 1. The molecule has 2 aromatic rings. The summed E-state index contributed by atoms with van der Waals surface area (Å²) in [6.07, 6.45) is 21.0. The molecule has 4 rings (SSSR count). The third-order valence-electron chi connectivity index (χ3n) is 8.17. The molecule has 1 aliphatic carbocycles. The van der Waals surface area contributed by atoms with Crippen LogP contribution in [0.1, 0.15) is 87.2 Å². The number of benzene rings is 2. The zero-order valence-electron chi connectivity index (χ0n) is 26.3. The highest BCUT2D eigenvalue weighted by Gasteiger charge is 2.24. The molecule has 234 valence electrons. The number of Topliss-reactive ketones (excluding diaryl/α,β-unsaturated/α-hetero) is 1. The molecule has 0 saturated heterocycles. The van der Waals surface area contributed by atoms with Gasteiger partial charge in [-0.05, 0) is 71.9 Å². The Morgan fingerprint density at radius 3 is 2.64 bits per heavy atom. The summed E-state index contributed by atoms with van der Waals surface area (Å²) < 4.78 is 34.7. The first-order valence-electron chi connectivity index (χ1n) is 15.7. The number of carbonyl (C=O) groups is 1. The lowest BCUT2D eigenvalue weighted by molar-refractivity contribution is 0.0998. The van der Waals surface area contributed by atoms with Gasteiger partial charge in [0.1, 0.15) is 6.61 Å². The summed E-state index contributed by atoms with van der Waals surface area (Å²) in [4.78, 5) is 17.9. The van der Waals surface area contributed by atoms with E-state index in [4.69, 9.17) is 16.6 Å². The van der Waals surface area contributed by atoms with Crippen molar-refractivity contribution in [2.24, 2.45) is 10.9 Å². The fourth-order valence-corrected chi connectivity index (χ4v) is 5.50. The summed E-state index contributed by atoms with van der Waals surface area (Å²) >= 11 is 0. The molecule has 0 spiro atoms. The van der Waals surface area contributed by atoms with Crippen molar-refractivity contribution in [2.75, 3.05) is 11.9 Å². The molecule has 0 bridgehead atoms. The Balaban J connectivity index is 1.49. The van der Waals surface area contributed by atoms with Crippen molar-refractivity contribution in [3.05, 3.63) is 100 Å². The number of fused-ring (bicyclic) bond motifs is 1. The minimum absolute atomic E-state index is 0.0284. The molecule has 0 saturated carbocycles. The van der Waals surface area contributed by atoms with Gasteiger partial charge in [0.05, 0.1) is 11.4 Å². The molecule has 1 heterocycles. The lowest BCUT2D eigenvalue weighted by atomic mass is 9.91. The Morgan fingerprint density at radius 2 is 1.89 bits per heavy atom. The molecule has 7 heteroatoms.